The standard InChI is InChI=1S/C4H10O.C3H6O2.C3H8O2/c1-3-5-4-2;1-3(4)5-2;1-2-3(4)5/h3-4H2,1-2H3;1-2H3;3-5H,2H2,1H3. The van der Waals surface area contributed by atoms with Crippen molar-refractivity contribution in [3.8, 4) is 0 Å². The average molecular weight is 224 g/mol. The number of aliphatic hydroxyl groups is 2. The van der Waals surface area contributed by atoms with Crippen molar-refractivity contribution >= 4 is 5.97 Å². The van der Waals surface area contributed by atoms with Gasteiger partial charge in [-0.15, -0.1) is 0 Å². The summed E-state index contributed by atoms with van der Waals surface area (Å²) in [6, 6.07) is 0. The fourth-order valence-corrected chi connectivity index (χ4v) is 0.204. The van der Waals surface area contributed by atoms with Crippen LogP contribution in [0.3, 0.4) is 0 Å². The lowest BCUT2D eigenvalue weighted by Crippen LogP contribution is -1.99. The Kier molecular flexibility index (Phi) is 25.2. The average Bonchev–Trinajstić information content (AvgIpc) is 2.20. The van der Waals surface area contributed by atoms with Gasteiger partial charge < -0.3 is 19.7 Å². The van der Waals surface area contributed by atoms with Crippen LogP contribution in [0.2, 0.25) is 0 Å². The maximum Gasteiger partial charge on any atom is 0.302 e. The second-order valence-electron chi connectivity index (χ2n) is 2.37. The van der Waals surface area contributed by atoms with Gasteiger partial charge in [0.15, 0.2) is 6.29 Å². The smallest absolute Gasteiger partial charge is 0.302 e. The van der Waals surface area contributed by atoms with E-state index >= 15 is 0 Å². The lowest BCUT2D eigenvalue weighted by atomic mass is 10.5. The zero-order valence-corrected chi connectivity index (χ0v) is 10.3. The van der Waals surface area contributed by atoms with Crippen LogP contribution in [0.15, 0.2) is 0 Å². The molecule has 0 amide bonds. The van der Waals surface area contributed by atoms with Gasteiger partial charge in [0.1, 0.15) is 0 Å². The zero-order chi connectivity index (χ0) is 12.7. The van der Waals surface area contributed by atoms with Crippen molar-refractivity contribution in [2.75, 3.05) is 20.3 Å². The number of aliphatic hydroxyl groups excluding tert-OH is 1. The Morgan fingerprint density at radius 3 is 1.47 bits per heavy atom. The van der Waals surface area contributed by atoms with Gasteiger partial charge in [-0.3, -0.25) is 4.79 Å². The zero-order valence-electron chi connectivity index (χ0n) is 10.3. The van der Waals surface area contributed by atoms with Gasteiger partial charge in [0.25, 0.3) is 0 Å². The normalized spacial score (nSPS) is 8.27. The van der Waals surface area contributed by atoms with E-state index < -0.39 is 6.29 Å². The summed E-state index contributed by atoms with van der Waals surface area (Å²) in [6.07, 6.45) is -0.699. The van der Waals surface area contributed by atoms with E-state index in [0.29, 0.717) is 6.42 Å². The Bertz CT molecular complexity index is 112. The van der Waals surface area contributed by atoms with Gasteiger partial charge in [-0.05, 0) is 20.3 Å². The number of rotatable bonds is 3. The molecule has 0 aromatic rings. The van der Waals surface area contributed by atoms with Crippen LogP contribution in [-0.2, 0) is 14.3 Å². The van der Waals surface area contributed by atoms with E-state index in [1.165, 1.54) is 14.0 Å². The molecule has 15 heavy (non-hydrogen) atoms. The molecule has 0 spiro atoms. The molecule has 94 valence electrons. The summed E-state index contributed by atoms with van der Waals surface area (Å²) in [7, 11) is 1.35. The molecular weight excluding hydrogens is 200 g/mol. The van der Waals surface area contributed by atoms with Gasteiger partial charge in [0.2, 0.25) is 0 Å². The first-order chi connectivity index (χ1) is 6.95. The molecule has 0 saturated carbocycles. The monoisotopic (exact) mass is 224 g/mol. The first-order valence-electron chi connectivity index (χ1n) is 4.94. The van der Waals surface area contributed by atoms with Gasteiger partial charge in [-0.2, -0.15) is 0 Å². The molecule has 0 radical (unpaired) electrons. The molecule has 5 heteroatoms. The van der Waals surface area contributed by atoms with E-state index in [-0.39, 0.29) is 5.97 Å². The summed E-state index contributed by atoms with van der Waals surface area (Å²) in [4.78, 5) is 9.59. The maximum absolute atomic E-state index is 9.59. The van der Waals surface area contributed by atoms with Crippen LogP contribution in [0.25, 0.3) is 0 Å². The van der Waals surface area contributed by atoms with E-state index in [1.807, 2.05) is 13.8 Å². The number of carbonyl (C=O) groups is 1. The molecule has 0 atom stereocenters. The number of hydrogen-bond donors (Lipinski definition) is 2. The topological polar surface area (TPSA) is 76.0 Å². The molecule has 0 aromatic heterocycles. The highest BCUT2D eigenvalue weighted by Crippen LogP contribution is 1.77. The molecular formula is C10H24O5. The summed E-state index contributed by atoms with van der Waals surface area (Å²) in [5.41, 5.74) is 0. The fraction of sp³-hybridized carbons (Fsp3) is 0.900. The van der Waals surface area contributed by atoms with E-state index in [2.05, 4.69) is 4.74 Å². The van der Waals surface area contributed by atoms with E-state index in [1.54, 1.807) is 6.92 Å². The molecule has 0 saturated heterocycles. The van der Waals surface area contributed by atoms with Crippen molar-refractivity contribution in [2.24, 2.45) is 0 Å². The molecule has 5 nitrogen and oxygen atoms in total. The number of methoxy groups -OCH3 is 1. The Labute approximate surface area is 92.0 Å². The first-order valence-corrected chi connectivity index (χ1v) is 4.94. The predicted molar refractivity (Wildman–Crippen MR) is 58.4 cm³/mol. The van der Waals surface area contributed by atoms with Crippen LogP contribution >= 0.6 is 0 Å². The second kappa shape index (κ2) is 19.0. The lowest BCUT2D eigenvalue weighted by Gasteiger charge is -1.90. The third-order valence-corrected chi connectivity index (χ3v) is 1.06. The third kappa shape index (κ3) is 60.1. The largest absolute Gasteiger partial charge is 0.469 e. The van der Waals surface area contributed by atoms with Gasteiger partial charge in [-0.1, -0.05) is 6.92 Å². The van der Waals surface area contributed by atoms with E-state index in [4.69, 9.17) is 14.9 Å². The Morgan fingerprint density at radius 2 is 1.47 bits per heavy atom. The van der Waals surface area contributed by atoms with Gasteiger partial charge >= 0.3 is 5.97 Å². The van der Waals surface area contributed by atoms with Crippen molar-refractivity contribution in [1.29, 1.82) is 0 Å². The SMILES string of the molecule is CCC(O)O.CCOCC.COC(C)=O. The van der Waals surface area contributed by atoms with Crippen LogP contribution < -0.4 is 0 Å². The van der Waals surface area contributed by atoms with E-state index in [9.17, 15) is 4.79 Å². The minimum absolute atomic E-state index is 0.245. The molecule has 0 bridgehead atoms. The van der Waals surface area contributed by atoms with Crippen molar-refractivity contribution in [3.63, 3.8) is 0 Å². The minimum atomic E-state index is -1.12. The molecule has 0 rings (SSSR count). The Morgan fingerprint density at radius 1 is 1.20 bits per heavy atom. The van der Waals surface area contributed by atoms with Crippen LogP contribution in [0.5, 0.6) is 0 Å². The highest BCUT2D eigenvalue weighted by Gasteiger charge is 1.83. The molecule has 0 heterocycles. The maximum atomic E-state index is 9.59. The van der Waals surface area contributed by atoms with Crippen molar-refractivity contribution in [2.45, 2.75) is 40.4 Å². The number of hydrogen-bond acceptors (Lipinski definition) is 5. The predicted octanol–water partition coefficient (Wildman–Crippen LogP) is 0.929. The quantitative estimate of drug-likeness (QED) is 0.551. The molecule has 0 aliphatic carbocycles. The van der Waals surface area contributed by atoms with Crippen molar-refractivity contribution in [1.82, 2.24) is 0 Å². The molecule has 0 aromatic carbocycles. The summed E-state index contributed by atoms with van der Waals surface area (Å²) < 4.78 is 8.94. The Hall–Kier alpha value is -0.650. The molecule has 0 aliphatic rings. The van der Waals surface area contributed by atoms with Crippen LogP contribution in [0.1, 0.15) is 34.1 Å². The molecule has 0 unspecified atom stereocenters. The highest BCUT2D eigenvalue weighted by molar-refractivity contribution is 5.65. The second-order valence-corrected chi connectivity index (χ2v) is 2.37. The number of esters is 1. The highest BCUT2D eigenvalue weighted by atomic mass is 16.5. The van der Waals surface area contributed by atoms with Gasteiger partial charge in [-0.25, -0.2) is 0 Å². The van der Waals surface area contributed by atoms with Gasteiger partial charge in [0.05, 0.1) is 7.11 Å². The third-order valence-electron chi connectivity index (χ3n) is 1.06. The molecule has 0 fully saturated rings. The Balaban J connectivity index is -0.000000144. The lowest BCUT2D eigenvalue weighted by molar-refractivity contribution is -0.137. The van der Waals surface area contributed by atoms with Crippen LogP contribution in [0, 0.1) is 0 Å². The fourth-order valence-electron chi connectivity index (χ4n) is 0.204. The number of carbonyl (C=O) groups excluding carboxylic acids is 1. The number of ether oxygens (including phenoxy) is 2. The van der Waals surface area contributed by atoms with Crippen molar-refractivity contribution < 1.29 is 24.5 Å². The minimum Gasteiger partial charge on any atom is -0.469 e. The van der Waals surface area contributed by atoms with Crippen LogP contribution in [-0.4, -0.2) is 42.8 Å². The molecule has 0 aliphatic heterocycles. The van der Waals surface area contributed by atoms with Gasteiger partial charge in [0, 0.05) is 20.1 Å². The summed E-state index contributed by atoms with van der Waals surface area (Å²) >= 11 is 0. The summed E-state index contributed by atoms with van der Waals surface area (Å²) in [5.74, 6) is -0.245. The van der Waals surface area contributed by atoms with Crippen LogP contribution in [0.4, 0.5) is 0 Å². The van der Waals surface area contributed by atoms with Crippen molar-refractivity contribution in [3.05, 3.63) is 0 Å². The van der Waals surface area contributed by atoms with E-state index in [0.717, 1.165) is 13.2 Å². The first kappa shape index (κ1) is 19.9. The summed E-state index contributed by atoms with van der Waals surface area (Å²) in [5, 5.41) is 15.8. The molecule has 2 N–H and O–H groups in total. The summed E-state index contributed by atoms with van der Waals surface area (Å²) in [6.45, 7) is 8.73.